The standard InChI is InChI=1S/C20H14Cl4INO6S/c21-9-7-8(10(22)12(24)11(9)23)19(31)26(18(7)30)13-14(27)15(28)16(17(25)29)32-20(13)33-6-4-2-1-3-5-6/h1-5,13-17,20,27-29H/t13-,14-,15+,16+,17?,20+/m1/s1. The SMILES string of the molecule is O=C1c2c(Cl)c(Cl)c(Cl)c(Cl)c2C(=O)N1[C@@H]1[C@@H](O)[C@H](O)[C@@H](C(O)I)O[C@H]1Sc1ccccc1. The van der Waals surface area contributed by atoms with Gasteiger partial charge in [0.05, 0.1) is 31.2 Å². The zero-order chi connectivity index (χ0) is 24.2. The van der Waals surface area contributed by atoms with E-state index in [0.717, 1.165) is 16.7 Å². The van der Waals surface area contributed by atoms with Gasteiger partial charge >= 0.3 is 0 Å². The van der Waals surface area contributed by atoms with Gasteiger partial charge in [0.2, 0.25) is 0 Å². The third-order valence-corrected chi connectivity index (χ3v) is 8.98. The average Bonchev–Trinajstić information content (AvgIpc) is 3.04. The molecule has 2 aliphatic heterocycles. The van der Waals surface area contributed by atoms with Crippen LogP contribution >= 0.6 is 80.8 Å². The molecule has 2 amide bonds. The molecule has 0 aliphatic carbocycles. The number of carbonyl (C=O) groups is 2. The molecule has 1 fully saturated rings. The minimum Gasteiger partial charge on any atom is -0.388 e. The Morgan fingerprint density at radius 3 is 1.91 bits per heavy atom. The zero-order valence-electron chi connectivity index (χ0n) is 16.2. The van der Waals surface area contributed by atoms with Crippen molar-refractivity contribution in [1.29, 1.82) is 0 Å². The molecule has 2 heterocycles. The third-order valence-electron chi connectivity index (χ3n) is 5.30. The smallest absolute Gasteiger partial charge is 0.263 e. The zero-order valence-corrected chi connectivity index (χ0v) is 22.2. The van der Waals surface area contributed by atoms with Crippen molar-refractivity contribution in [3.05, 3.63) is 61.5 Å². The summed E-state index contributed by atoms with van der Waals surface area (Å²) in [5.74, 6) is -1.74. The van der Waals surface area contributed by atoms with Gasteiger partial charge in [0.25, 0.3) is 11.8 Å². The highest BCUT2D eigenvalue weighted by atomic mass is 127. The largest absolute Gasteiger partial charge is 0.388 e. The van der Waals surface area contributed by atoms with Crippen molar-refractivity contribution in [2.24, 2.45) is 0 Å². The molecule has 13 heteroatoms. The van der Waals surface area contributed by atoms with Gasteiger partial charge in [-0.1, -0.05) is 76.4 Å². The van der Waals surface area contributed by atoms with Crippen LogP contribution in [0, 0.1) is 0 Å². The van der Waals surface area contributed by atoms with Crippen LogP contribution in [0.15, 0.2) is 35.2 Å². The summed E-state index contributed by atoms with van der Waals surface area (Å²) in [6.07, 6.45) is -4.43. The summed E-state index contributed by atoms with van der Waals surface area (Å²) in [7, 11) is 0. The Balaban J connectivity index is 1.80. The minimum absolute atomic E-state index is 0.186. The van der Waals surface area contributed by atoms with E-state index in [9.17, 15) is 24.9 Å². The van der Waals surface area contributed by atoms with Crippen LogP contribution in [0.25, 0.3) is 0 Å². The second-order valence-corrected chi connectivity index (χ2v) is 11.2. The molecule has 0 spiro atoms. The van der Waals surface area contributed by atoms with Crippen molar-refractivity contribution in [3.8, 4) is 0 Å². The summed E-state index contributed by atoms with van der Waals surface area (Å²) in [5.41, 5.74) is -1.55. The summed E-state index contributed by atoms with van der Waals surface area (Å²) >= 11 is 27.4. The third kappa shape index (κ3) is 4.39. The van der Waals surface area contributed by atoms with Crippen LogP contribution in [0.4, 0.5) is 0 Å². The molecule has 6 atom stereocenters. The first-order valence-corrected chi connectivity index (χ1v) is 13.0. The number of rotatable bonds is 4. The molecule has 0 saturated carbocycles. The summed E-state index contributed by atoms with van der Waals surface area (Å²) in [6, 6.07) is 7.56. The lowest BCUT2D eigenvalue weighted by Gasteiger charge is -2.45. The van der Waals surface area contributed by atoms with Crippen LogP contribution in [0.3, 0.4) is 0 Å². The number of hydrogen-bond acceptors (Lipinski definition) is 7. The predicted molar refractivity (Wildman–Crippen MR) is 134 cm³/mol. The fourth-order valence-corrected chi connectivity index (χ4v) is 6.54. The predicted octanol–water partition coefficient (Wildman–Crippen LogP) is 4.26. The highest BCUT2D eigenvalue weighted by Gasteiger charge is 2.55. The van der Waals surface area contributed by atoms with E-state index in [1.165, 1.54) is 0 Å². The van der Waals surface area contributed by atoms with Gasteiger partial charge in [0.15, 0.2) is 0 Å². The summed E-state index contributed by atoms with van der Waals surface area (Å²) in [6.45, 7) is 0. The number of fused-ring (bicyclic) bond motifs is 1. The number of amides is 2. The van der Waals surface area contributed by atoms with Gasteiger partial charge in [-0.3, -0.25) is 14.5 Å². The highest BCUT2D eigenvalue weighted by molar-refractivity contribution is 14.1. The van der Waals surface area contributed by atoms with E-state index in [4.69, 9.17) is 51.1 Å². The molecule has 2 aromatic carbocycles. The van der Waals surface area contributed by atoms with Crippen molar-refractivity contribution in [2.45, 2.75) is 38.8 Å². The molecule has 0 radical (unpaired) electrons. The molecule has 176 valence electrons. The van der Waals surface area contributed by atoms with E-state index in [1.54, 1.807) is 52.9 Å². The van der Waals surface area contributed by atoms with Crippen molar-refractivity contribution < 1.29 is 29.6 Å². The van der Waals surface area contributed by atoms with Crippen molar-refractivity contribution in [2.75, 3.05) is 0 Å². The molecule has 2 aromatic rings. The number of alkyl halides is 1. The number of carbonyl (C=O) groups excluding carboxylic acids is 2. The van der Waals surface area contributed by atoms with Gasteiger partial charge < -0.3 is 20.1 Å². The monoisotopic (exact) mass is 663 g/mol. The minimum atomic E-state index is -1.65. The normalized spacial score (nSPS) is 28.2. The number of nitrogens with zero attached hydrogens (tertiary/aromatic N) is 1. The van der Waals surface area contributed by atoms with E-state index >= 15 is 0 Å². The van der Waals surface area contributed by atoms with Gasteiger partial charge in [-0.15, -0.1) is 0 Å². The van der Waals surface area contributed by atoms with E-state index in [-0.39, 0.29) is 31.2 Å². The van der Waals surface area contributed by atoms with E-state index in [0.29, 0.717) is 4.90 Å². The van der Waals surface area contributed by atoms with E-state index in [2.05, 4.69) is 0 Å². The number of aliphatic hydroxyl groups excluding tert-OH is 3. The average molecular weight is 665 g/mol. The van der Waals surface area contributed by atoms with Crippen LogP contribution in [0.5, 0.6) is 0 Å². The first kappa shape index (κ1) is 25.7. The fraction of sp³-hybridized carbons (Fsp3) is 0.300. The lowest BCUT2D eigenvalue weighted by molar-refractivity contribution is -0.184. The molecule has 3 N–H and O–H groups in total. The van der Waals surface area contributed by atoms with Gasteiger partial charge in [-0.2, -0.15) is 0 Å². The van der Waals surface area contributed by atoms with E-state index < -0.39 is 45.7 Å². The van der Waals surface area contributed by atoms with Crippen LogP contribution in [-0.2, 0) is 4.74 Å². The molecular weight excluding hydrogens is 651 g/mol. The summed E-state index contributed by atoms with van der Waals surface area (Å²) in [4.78, 5) is 28.2. The Kier molecular flexibility index (Phi) is 7.77. The second-order valence-electron chi connectivity index (χ2n) is 7.23. The van der Waals surface area contributed by atoms with Crippen LogP contribution in [-0.4, -0.2) is 65.9 Å². The van der Waals surface area contributed by atoms with Crippen molar-refractivity contribution in [1.82, 2.24) is 4.90 Å². The maximum absolute atomic E-state index is 13.4. The fourth-order valence-electron chi connectivity index (χ4n) is 3.74. The van der Waals surface area contributed by atoms with Gasteiger partial charge in [-0.25, -0.2) is 0 Å². The quantitative estimate of drug-likeness (QED) is 0.148. The topological polar surface area (TPSA) is 107 Å². The van der Waals surface area contributed by atoms with Gasteiger partial charge in [0, 0.05) is 4.90 Å². The molecule has 33 heavy (non-hydrogen) atoms. The number of thioether (sulfide) groups is 1. The number of hydrogen-bond donors (Lipinski definition) is 3. The first-order valence-electron chi connectivity index (χ1n) is 9.35. The Morgan fingerprint density at radius 1 is 0.909 bits per heavy atom. The lowest BCUT2D eigenvalue weighted by Crippen LogP contribution is -2.65. The highest BCUT2D eigenvalue weighted by Crippen LogP contribution is 2.47. The Labute approximate surface area is 226 Å². The molecule has 0 bridgehead atoms. The molecule has 7 nitrogen and oxygen atoms in total. The number of benzene rings is 2. The molecule has 1 unspecified atom stereocenters. The number of imide groups is 1. The maximum atomic E-state index is 13.4. The van der Waals surface area contributed by atoms with Crippen LogP contribution < -0.4 is 0 Å². The first-order chi connectivity index (χ1) is 15.6. The van der Waals surface area contributed by atoms with Crippen molar-refractivity contribution in [3.63, 3.8) is 0 Å². The van der Waals surface area contributed by atoms with Gasteiger partial charge in [0.1, 0.15) is 33.9 Å². The van der Waals surface area contributed by atoms with Crippen LogP contribution in [0.1, 0.15) is 20.7 Å². The molecule has 2 aliphatic rings. The van der Waals surface area contributed by atoms with E-state index in [1.807, 2.05) is 0 Å². The Hall–Kier alpha value is -0.340. The molecule has 0 aromatic heterocycles. The summed E-state index contributed by atoms with van der Waals surface area (Å²) < 4.78 is 4.72. The Morgan fingerprint density at radius 2 is 1.42 bits per heavy atom. The second kappa shape index (κ2) is 9.96. The van der Waals surface area contributed by atoms with Gasteiger partial charge in [-0.05, 0) is 34.7 Å². The molecular formula is C20H14Cl4INO6S. The Bertz CT molecular complexity index is 1080. The maximum Gasteiger partial charge on any atom is 0.263 e. The number of halogens is 5. The summed E-state index contributed by atoms with van der Waals surface area (Å²) in [5, 5.41) is 30.8. The number of aliphatic hydroxyl groups is 3. The lowest BCUT2D eigenvalue weighted by atomic mass is 9.97. The van der Waals surface area contributed by atoms with Crippen LogP contribution in [0.2, 0.25) is 20.1 Å². The number of ether oxygens (including phenoxy) is 1. The molecule has 1 saturated heterocycles. The van der Waals surface area contributed by atoms with Crippen molar-refractivity contribution >= 4 is 92.6 Å². The molecule has 4 rings (SSSR count).